The van der Waals surface area contributed by atoms with Crippen LogP contribution in [0.25, 0.3) is 0 Å². The van der Waals surface area contributed by atoms with E-state index in [-0.39, 0.29) is 42.2 Å². The van der Waals surface area contributed by atoms with Crippen molar-refractivity contribution in [3.05, 3.63) is 34.4 Å². The largest absolute Gasteiger partial charge is 0.326 e. The zero-order valence-corrected chi connectivity index (χ0v) is 18.6. The van der Waals surface area contributed by atoms with Crippen LogP contribution in [0.2, 0.25) is 0 Å². The van der Waals surface area contributed by atoms with Gasteiger partial charge < -0.3 is 5.32 Å². The molecule has 1 N–H and O–H groups in total. The van der Waals surface area contributed by atoms with Gasteiger partial charge in [0.2, 0.25) is 10.0 Å². The maximum Gasteiger partial charge on any atom is 0.326 e. The van der Waals surface area contributed by atoms with Crippen LogP contribution in [0.4, 0.5) is 10.5 Å². The van der Waals surface area contributed by atoms with E-state index in [4.69, 9.17) is 0 Å². The number of nitrogens with one attached hydrogen (secondary N) is 1. The van der Waals surface area contributed by atoms with Crippen LogP contribution in [0.5, 0.6) is 0 Å². The van der Waals surface area contributed by atoms with E-state index in [0.29, 0.717) is 19.5 Å². The standard InChI is InChI=1S/C19H27N5O6S/c1-14(2)12-19(3)17(25)23(18(26)20-19)13-21-7-9-22(10-8-21)31(29,30)16-6-4-5-15(11-16)24(27)28/h4-6,11,14H,7-10,12-13H2,1-3H3,(H,20,26)/t19-/m0/s1. The topological polar surface area (TPSA) is 133 Å². The predicted octanol–water partition coefficient (Wildman–Crippen LogP) is 1.22. The molecule has 0 radical (unpaired) electrons. The van der Waals surface area contributed by atoms with Crippen LogP contribution in [-0.4, -0.2) is 77.8 Å². The molecule has 0 saturated carbocycles. The zero-order chi connectivity index (χ0) is 23.0. The minimum absolute atomic E-state index is 0.0864. The Kier molecular flexibility index (Phi) is 6.35. The number of hydrogen-bond acceptors (Lipinski definition) is 7. The Morgan fingerprint density at radius 3 is 2.42 bits per heavy atom. The van der Waals surface area contributed by atoms with Gasteiger partial charge in [0, 0.05) is 38.3 Å². The first-order valence-corrected chi connectivity index (χ1v) is 11.5. The fourth-order valence-electron chi connectivity index (χ4n) is 4.05. The number of carbonyl (C=O) groups is 2. The van der Waals surface area contributed by atoms with Crippen LogP contribution in [0.15, 0.2) is 29.2 Å². The van der Waals surface area contributed by atoms with Crippen molar-refractivity contribution in [1.82, 2.24) is 19.4 Å². The van der Waals surface area contributed by atoms with Gasteiger partial charge in [0.1, 0.15) is 5.54 Å². The third-order valence-corrected chi connectivity index (χ3v) is 7.40. The van der Waals surface area contributed by atoms with Crippen molar-refractivity contribution in [2.75, 3.05) is 32.8 Å². The minimum Gasteiger partial charge on any atom is -0.323 e. The molecule has 2 aliphatic rings. The van der Waals surface area contributed by atoms with Crippen LogP contribution >= 0.6 is 0 Å². The molecule has 170 valence electrons. The number of nitro groups is 1. The number of nitrogens with zero attached hydrogens (tertiary/aromatic N) is 4. The molecule has 0 spiro atoms. The Labute approximate surface area is 181 Å². The highest BCUT2D eigenvalue weighted by molar-refractivity contribution is 7.89. The highest BCUT2D eigenvalue weighted by Crippen LogP contribution is 2.26. The van der Waals surface area contributed by atoms with Gasteiger partial charge in [-0.05, 0) is 25.3 Å². The molecule has 2 heterocycles. The number of non-ortho nitro benzene ring substituents is 1. The van der Waals surface area contributed by atoms with E-state index in [1.807, 2.05) is 18.7 Å². The summed E-state index contributed by atoms with van der Waals surface area (Å²) in [6, 6.07) is 4.51. The Balaban J connectivity index is 1.63. The predicted molar refractivity (Wildman–Crippen MR) is 112 cm³/mol. The number of hydrogen-bond donors (Lipinski definition) is 1. The van der Waals surface area contributed by atoms with Gasteiger partial charge in [-0.2, -0.15) is 4.31 Å². The van der Waals surface area contributed by atoms with Crippen molar-refractivity contribution in [2.45, 2.75) is 37.6 Å². The SMILES string of the molecule is CC(C)C[C@]1(C)NC(=O)N(CN2CCN(S(=O)(=O)c3cccc([N+](=O)[O-])c3)CC2)C1=O. The number of urea groups is 1. The number of carbonyl (C=O) groups excluding carboxylic acids is 2. The van der Waals surface area contributed by atoms with E-state index in [9.17, 15) is 28.1 Å². The number of benzene rings is 1. The van der Waals surface area contributed by atoms with E-state index in [2.05, 4.69) is 5.32 Å². The van der Waals surface area contributed by atoms with Crippen LogP contribution < -0.4 is 5.32 Å². The molecule has 1 atom stereocenters. The molecular formula is C19H27N5O6S. The molecule has 3 rings (SSSR count). The number of piperazine rings is 1. The highest BCUT2D eigenvalue weighted by Gasteiger charge is 2.48. The maximum absolute atomic E-state index is 12.9. The van der Waals surface area contributed by atoms with Gasteiger partial charge in [-0.1, -0.05) is 19.9 Å². The van der Waals surface area contributed by atoms with E-state index in [0.717, 1.165) is 6.07 Å². The number of nitro benzene ring substituents is 1. The normalized spacial score (nSPS) is 23.4. The van der Waals surface area contributed by atoms with E-state index < -0.39 is 26.5 Å². The molecule has 2 saturated heterocycles. The summed E-state index contributed by atoms with van der Waals surface area (Å²) in [6.45, 7) is 6.72. The van der Waals surface area contributed by atoms with Crippen LogP contribution in [0.3, 0.4) is 0 Å². The molecule has 1 aromatic rings. The fraction of sp³-hybridized carbons (Fsp3) is 0.579. The molecule has 3 amide bonds. The summed E-state index contributed by atoms with van der Waals surface area (Å²) in [7, 11) is -3.88. The van der Waals surface area contributed by atoms with Gasteiger partial charge in [-0.25, -0.2) is 18.1 Å². The lowest BCUT2D eigenvalue weighted by atomic mass is 9.91. The lowest BCUT2D eigenvalue weighted by molar-refractivity contribution is -0.385. The number of sulfonamides is 1. The quantitative estimate of drug-likeness (QED) is 0.373. The van der Waals surface area contributed by atoms with Gasteiger partial charge in [-0.3, -0.25) is 19.8 Å². The Morgan fingerprint density at radius 1 is 1.19 bits per heavy atom. The summed E-state index contributed by atoms with van der Waals surface area (Å²) in [6.07, 6.45) is 0.531. The van der Waals surface area contributed by atoms with Crippen molar-refractivity contribution in [3.8, 4) is 0 Å². The number of amides is 3. The van der Waals surface area contributed by atoms with Crippen molar-refractivity contribution in [1.29, 1.82) is 0 Å². The first-order chi connectivity index (χ1) is 14.4. The Bertz CT molecular complexity index is 989. The fourth-order valence-corrected chi connectivity index (χ4v) is 5.51. The Morgan fingerprint density at radius 2 is 1.84 bits per heavy atom. The summed E-state index contributed by atoms with van der Waals surface area (Å²) in [5, 5.41) is 13.7. The molecule has 0 bridgehead atoms. The highest BCUT2D eigenvalue weighted by atomic mass is 32.2. The van der Waals surface area contributed by atoms with Crippen LogP contribution in [-0.2, 0) is 14.8 Å². The van der Waals surface area contributed by atoms with E-state index in [1.54, 1.807) is 6.92 Å². The van der Waals surface area contributed by atoms with E-state index >= 15 is 0 Å². The monoisotopic (exact) mass is 453 g/mol. The number of rotatable bonds is 7. The molecule has 0 aromatic heterocycles. The molecule has 11 nitrogen and oxygen atoms in total. The summed E-state index contributed by atoms with van der Waals surface area (Å²) < 4.78 is 27.0. The van der Waals surface area contributed by atoms with Gasteiger partial charge in [-0.15, -0.1) is 0 Å². The van der Waals surface area contributed by atoms with Crippen LogP contribution in [0, 0.1) is 16.0 Å². The third kappa shape index (κ3) is 4.70. The van der Waals surface area contributed by atoms with Crippen molar-refractivity contribution >= 4 is 27.6 Å². The third-order valence-electron chi connectivity index (χ3n) is 5.50. The van der Waals surface area contributed by atoms with Gasteiger partial charge in [0.05, 0.1) is 16.5 Å². The molecule has 2 aliphatic heterocycles. The lowest BCUT2D eigenvalue weighted by Crippen LogP contribution is -2.53. The smallest absolute Gasteiger partial charge is 0.323 e. The summed E-state index contributed by atoms with van der Waals surface area (Å²) in [5.74, 6) is -0.0467. The first kappa shape index (κ1) is 23.1. The van der Waals surface area contributed by atoms with Gasteiger partial charge in [0.25, 0.3) is 11.6 Å². The molecule has 2 fully saturated rings. The molecular weight excluding hydrogens is 426 g/mol. The van der Waals surface area contributed by atoms with E-state index in [1.165, 1.54) is 27.4 Å². The Hall–Kier alpha value is -2.57. The van der Waals surface area contributed by atoms with Crippen LogP contribution in [0.1, 0.15) is 27.2 Å². The second-order valence-corrected chi connectivity index (χ2v) is 10.4. The van der Waals surface area contributed by atoms with Crippen molar-refractivity contribution in [2.24, 2.45) is 5.92 Å². The molecule has 0 aliphatic carbocycles. The average Bonchev–Trinajstić information content (AvgIpc) is 2.90. The summed E-state index contributed by atoms with van der Waals surface area (Å²) in [4.78, 5) is 38.4. The second-order valence-electron chi connectivity index (χ2n) is 8.51. The van der Waals surface area contributed by atoms with Gasteiger partial charge >= 0.3 is 6.03 Å². The maximum atomic E-state index is 12.9. The van der Waals surface area contributed by atoms with Gasteiger partial charge in [0.15, 0.2) is 0 Å². The zero-order valence-electron chi connectivity index (χ0n) is 17.8. The van der Waals surface area contributed by atoms with Crippen molar-refractivity contribution < 1.29 is 22.9 Å². The second kappa shape index (κ2) is 8.52. The molecule has 1 aromatic carbocycles. The lowest BCUT2D eigenvalue weighted by Gasteiger charge is -2.35. The molecule has 12 heteroatoms. The first-order valence-electron chi connectivity index (χ1n) is 10.0. The number of imide groups is 1. The summed E-state index contributed by atoms with van der Waals surface area (Å²) in [5.41, 5.74) is -1.22. The minimum atomic E-state index is -3.88. The summed E-state index contributed by atoms with van der Waals surface area (Å²) >= 11 is 0. The van der Waals surface area contributed by atoms with Crippen molar-refractivity contribution in [3.63, 3.8) is 0 Å². The molecule has 0 unspecified atom stereocenters. The molecule has 31 heavy (non-hydrogen) atoms. The average molecular weight is 454 g/mol.